The van der Waals surface area contributed by atoms with Crippen molar-refractivity contribution in [1.29, 1.82) is 0 Å². The van der Waals surface area contributed by atoms with Crippen LogP contribution in [0.3, 0.4) is 0 Å². The number of nitrogens with one attached hydrogen (secondary N) is 1. The van der Waals surface area contributed by atoms with Crippen molar-refractivity contribution in [3.63, 3.8) is 0 Å². The molecule has 1 aromatic carbocycles. The smallest absolute Gasteiger partial charge is 0.240 e. The standard InChI is InChI=1S/C13H19NO4S/c1-4-18-9-10(2)14-19(16,17)13-7-5-12(6-8-13)11(3)15/h5-8,10,14H,4,9H2,1-3H3. The van der Waals surface area contributed by atoms with E-state index in [-0.39, 0.29) is 16.7 Å². The molecule has 1 atom stereocenters. The van der Waals surface area contributed by atoms with Gasteiger partial charge in [0.05, 0.1) is 11.5 Å². The molecule has 19 heavy (non-hydrogen) atoms. The van der Waals surface area contributed by atoms with Crippen molar-refractivity contribution >= 4 is 15.8 Å². The summed E-state index contributed by atoms with van der Waals surface area (Å²) in [6.45, 7) is 5.88. The molecule has 1 N–H and O–H groups in total. The summed E-state index contributed by atoms with van der Waals surface area (Å²) in [6.07, 6.45) is 0. The molecule has 0 fully saturated rings. The summed E-state index contributed by atoms with van der Waals surface area (Å²) in [4.78, 5) is 11.3. The summed E-state index contributed by atoms with van der Waals surface area (Å²) in [6, 6.07) is 5.55. The largest absolute Gasteiger partial charge is 0.380 e. The quantitative estimate of drug-likeness (QED) is 0.772. The van der Waals surface area contributed by atoms with Crippen LogP contribution in [0.25, 0.3) is 0 Å². The van der Waals surface area contributed by atoms with Crippen LogP contribution in [0.5, 0.6) is 0 Å². The fraction of sp³-hybridized carbons (Fsp3) is 0.462. The maximum absolute atomic E-state index is 12.0. The van der Waals surface area contributed by atoms with Gasteiger partial charge in [-0.1, -0.05) is 12.1 Å². The Labute approximate surface area is 114 Å². The van der Waals surface area contributed by atoms with Crippen LogP contribution in [0.4, 0.5) is 0 Å². The van der Waals surface area contributed by atoms with Crippen LogP contribution in [0, 0.1) is 0 Å². The van der Waals surface area contributed by atoms with Crippen molar-refractivity contribution < 1.29 is 17.9 Å². The van der Waals surface area contributed by atoms with Crippen molar-refractivity contribution in [3.8, 4) is 0 Å². The predicted octanol–water partition coefficient (Wildman–Crippen LogP) is 1.59. The highest BCUT2D eigenvalue weighted by Crippen LogP contribution is 2.11. The number of hydrogen-bond donors (Lipinski definition) is 1. The average Bonchev–Trinajstić information content (AvgIpc) is 2.36. The third kappa shape index (κ3) is 4.74. The SMILES string of the molecule is CCOCC(C)NS(=O)(=O)c1ccc(C(C)=O)cc1. The fourth-order valence-electron chi connectivity index (χ4n) is 1.53. The number of ether oxygens (including phenoxy) is 1. The van der Waals surface area contributed by atoms with Crippen LogP contribution < -0.4 is 4.72 Å². The van der Waals surface area contributed by atoms with E-state index in [1.807, 2.05) is 6.92 Å². The second-order valence-electron chi connectivity index (χ2n) is 4.26. The second-order valence-corrected chi connectivity index (χ2v) is 5.98. The monoisotopic (exact) mass is 285 g/mol. The summed E-state index contributed by atoms with van der Waals surface area (Å²) in [5.41, 5.74) is 0.487. The van der Waals surface area contributed by atoms with Crippen molar-refractivity contribution in [2.75, 3.05) is 13.2 Å². The van der Waals surface area contributed by atoms with Gasteiger partial charge in [-0.3, -0.25) is 4.79 Å². The number of benzene rings is 1. The van der Waals surface area contributed by atoms with Gasteiger partial charge >= 0.3 is 0 Å². The third-order valence-corrected chi connectivity index (χ3v) is 4.10. The summed E-state index contributed by atoms with van der Waals surface area (Å²) in [7, 11) is -3.57. The minimum atomic E-state index is -3.57. The Kier molecular flexibility index (Phi) is 5.65. The van der Waals surface area contributed by atoms with Gasteiger partial charge in [0.2, 0.25) is 10.0 Å². The minimum Gasteiger partial charge on any atom is -0.380 e. The van der Waals surface area contributed by atoms with E-state index in [0.29, 0.717) is 18.8 Å². The number of carbonyl (C=O) groups excluding carboxylic acids is 1. The Balaban J connectivity index is 2.79. The summed E-state index contributed by atoms with van der Waals surface area (Å²) in [5.74, 6) is -0.0957. The number of hydrogen-bond acceptors (Lipinski definition) is 4. The molecule has 0 bridgehead atoms. The van der Waals surface area contributed by atoms with E-state index in [1.54, 1.807) is 6.92 Å². The molecular formula is C13H19NO4S. The lowest BCUT2D eigenvalue weighted by Crippen LogP contribution is -2.35. The molecule has 0 heterocycles. The van der Waals surface area contributed by atoms with E-state index in [1.165, 1.54) is 31.2 Å². The maximum Gasteiger partial charge on any atom is 0.240 e. The van der Waals surface area contributed by atoms with Crippen LogP contribution >= 0.6 is 0 Å². The van der Waals surface area contributed by atoms with Crippen LogP contribution in [0.1, 0.15) is 31.1 Å². The third-order valence-electron chi connectivity index (χ3n) is 2.50. The van der Waals surface area contributed by atoms with E-state index in [4.69, 9.17) is 4.74 Å². The van der Waals surface area contributed by atoms with Crippen molar-refractivity contribution in [3.05, 3.63) is 29.8 Å². The highest BCUT2D eigenvalue weighted by molar-refractivity contribution is 7.89. The molecular weight excluding hydrogens is 266 g/mol. The van der Waals surface area contributed by atoms with Gasteiger partial charge in [0.15, 0.2) is 5.78 Å². The highest BCUT2D eigenvalue weighted by atomic mass is 32.2. The van der Waals surface area contributed by atoms with E-state index in [9.17, 15) is 13.2 Å². The molecule has 0 spiro atoms. The zero-order valence-corrected chi connectivity index (χ0v) is 12.2. The fourth-order valence-corrected chi connectivity index (χ4v) is 2.76. The number of ketones is 1. The molecule has 1 aromatic rings. The molecule has 0 radical (unpaired) electrons. The van der Waals surface area contributed by atoms with Gasteiger partial charge in [-0.15, -0.1) is 0 Å². The van der Waals surface area contributed by atoms with Gasteiger partial charge in [-0.2, -0.15) is 0 Å². The molecule has 6 heteroatoms. The topological polar surface area (TPSA) is 72.5 Å². The van der Waals surface area contributed by atoms with Gasteiger partial charge in [0.25, 0.3) is 0 Å². The number of rotatable bonds is 7. The van der Waals surface area contributed by atoms with Crippen LogP contribution in [-0.2, 0) is 14.8 Å². The van der Waals surface area contributed by atoms with Gasteiger partial charge in [-0.05, 0) is 32.9 Å². The molecule has 1 rings (SSSR count). The summed E-state index contributed by atoms with van der Waals surface area (Å²) in [5, 5.41) is 0. The minimum absolute atomic E-state index is 0.0957. The lowest BCUT2D eigenvalue weighted by atomic mass is 10.2. The molecule has 0 aliphatic rings. The normalized spacial score (nSPS) is 13.2. The van der Waals surface area contributed by atoms with Gasteiger partial charge in [0, 0.05) is 18.2 Å². The number of Topliss-reactive ketones (excluding diaryl/α,β-unsaturated/α-hetero) is 1. The van der Waals surface area contributed by atoms with Gasteiger partial charge < -0.3 is 4.74 Å². The molecule has 0 saturated heterocycles. The molecule has 0 aliphatic heterocycles. The second kappa shape index (κ2) is 6.79. The van der Waals surface area contributed by atoms with Crippen LogP contribution in [0.2, 0.25) is 0 Å². The maximum atomic E-state index is 12.0. The van der Waals surface area contributed by atoms with Gasteiger partial charge in [-0.25, -0.2) is 13.1 Å². The van der Waals surface area contributed by atoms with E-state index in [2.05, 4.69) is 4.72 Å². The molecule has 0 saturated carbocycles. The first-order chi connectivity index (χ1) is 8.86. The first-order valence-corrected chi connectivity index (χ1v) is 7.56. The van der Waals surface area contributed by atoms with Crippen LogP contribution in [-0.4, -0.2) is 33.5 Å². The Morgan fingerprint density at radius 2 is 1.89 bits per heavy atom. The van der Waals surface area contributed by atoms with Crippen LogP contribution in [0.15, 0.2) is 29.2 Å². The molecule has 0 aromatic heterocycles. The Bertz CT molecular complexity index is 522. The van der Waals surface area contributed by atoms with Crippen molar-refractivity contribution in [1.82, 2.24) is 4.72 Å². The van der Waals surface area contributed by atoms with E-state index in [0.717, 1.165) is 0 Å². The lowest BCUT2D eigenvalue weighted by molar-refractivity contribution is 0.101. The molecule has 106 valence electrons. The lowest BCUT2D eigenvalue weighted by Gasteiger charge is -2.14. The van der Waals surface area contributed by atoms with Crippen molar-refractivity contribution in [2.45, 2.75) is 31.7 Å². The van der Waals surface area contributed by atoms with E-state index >= 15 is 0 Å². The number of sulfonamides is 1. The Morgan fingerprint density at radius 1 is 1.32 bits per heavy atom. The predicted molar refractivity (Wildman–Crippen MR) is 72.7 cm³/mol. The first kappa shape index (κ1) is 15.8. The molecule has 1 unspecified atom stereocenters. The van der Waals surface area contributed by atoms with E-state index < -0.39 is 10.0 Å². The molecule has 5 nitrogen and oxygen atoms in total. The first-order valence-electron chi connectivity index (χ1n) is 6.08. The summed E-state index contributed by atoms with van der Waals surface area (Å²) >= 11 is 0. The zero-order chi connectivity index (χ0) is 14.5. The zero-order valence-electron chi connectivity index (χ0n) is 11.3. The van der Waals surface area contributed by atoms with Crippen molar-refractivity contribution in [2.24, 2.45) is 0 Å². The summed E-state index contributed by atoms with van der Waals surface area (Å²) < 4.78 is 31.7. The Hall–Kier alpha value is -1.24. The highest BCUT2D eigenvalue weighted by Gasteiger charge is 2.17. The molecule has 0 amide bonds. The average molecular weight is 285 g/mol. The van der Waals surface area contributed by atoms with Gasteiger partial charge in [0.1, 0.15) is 0 Å². The Morgan fingerprint density at radius 3 is 2.37 bits per heavy atom. The molecule has 0 aliphatic carbocycles. The number of carbonyl (C=O) groups is 1.